The van der Waals surface area contributed by atoms with Crippen molar-refractivity contribution in [1.82, 2.24) is 4.57 Å². The maximum absolute atomic E-state index is 13.2. The van der Waals surface area contributed by atoms with Gasteiger partial charge in [0.25, 0.3) is 0 Å². The van der Waals surface area contributed by atoms with Crippen LogP contribution in [0.15, 0.2) is 54.6 Å². The lowest BCUT2D eigenvalue weighted by Gasteiger charge is -2.26. The van der Waals surface area contributed by atoms with Crippen LogP contribution in [0.3, 0.4) is 0 Å². The first-order valence-electron chi connectivity index (χ1n) is 9.57. The van der Waals surface area contributed by atoms with Crippen LogP contribution in [-0.4, -0.2) is 16.1 Å². The van der Waals surface area contributed by atoms with Crippen LogP contribution in [0.2, 0.25) is 0 Å². The van der Waals surface area contributed by atoms with E-state index in [0.29, 0.717) is 17.5 Å². The van der Waals surface area contributed by atoms with E-state index in [4.69, 9.17) is 0 Å². The normalized spacial score (nSPS) is 17.8. The van der Waals surface area contributed by atoms with E-state index in [-0.39, 0.29) is 23.5 Å². The molecule has 0 N–H and O–H groups in total. The molecule has 27 heavy (non-hydrogen) atoms. The van der Waals surface area contributed by atoms with Crippen molar-refractivity contribution in [2.24, 2.45) is 0 Å². The molecule has 3 nitrogen and oxygen atoms in total. The summed E-state index contributed by atoms with van der Waals surface area (Å²) >= 11 is 0. The lowest BCUT2D eigenvalue weighted by atomic mass is 9.81. The van der Waals surface area contributed by atoms with Gasteiger partial charge in [0.2, 0.25) is 0 Å². The second kappa shape index (κ2) is 5.78. The molecule has 0 radical (unpaired) electrons. The molecule has 0 fully saturated rings. The van der Waals surface area contributed by atoms with Gasteiger partial charge in [0.05, 0.1) is 16.8 Å². The Morgan fingerprint density at radius 1 is 0.852 bits per heavy atom. The number of rotatable bonds is 2. The van der Waals surface area contributed by atoms with Crippen LogP contribution in [0.25, 0.3) is 11.3 Å². The summed E-state index contributed by atoms with van der Waals surface area (Å²) in [6, 6.07) is 18.2. The summed E-state index contributed by atoms with van der Waals surface area (Å²) in [5.74, 6) is 0.272. The Kier molecular flexibility index (Phi) is 3.48. The maximum atomic E-state index is 13.2. The topological polar surface area (TPSA) is 39.1 Å². The van der Waals surface area contributed by atoms with E-state index in [1.165, 1.54) is 5.56 Å². The number of hydrogen-bond donors (Lipinski definition) is 0. The first-order chi connectivity index (χ1) is 13.1. The van der Waals surface area contributed by atoms with Crippen LogP contribution < -0.4 is 0 Å². The Morgan fingerprint density at radius 2 is 1.52 bits per heavy atom. The van der Waals surface area contributed by atoms with Crippen LogP contribution in [0.5, 0.6) is 0 Å². The Labute approximate surface area is 158 Å². The average molecular weight is 355 g/mol. The first-order valence-corrected chi connectivity index (χ1v) is 9.57. The van der Waals surface area contributed by atoms with Crippen molar-refractivity contribution >= 4 is 11.6 Å². The highest BCUT2D eigenvalue weighted by atomic mass is 16.1. The van der Waals surface area contributed by atoms with E-state index in [1.54, 1.807) is 0 Å². The number of ketones is 2. The third-order valence-electron chi connectivity index (χ3n) is 5.90. The van der Waals surface area contributed by atoms with Crippen molar-refractivity contribution in [2.45, 2.75) is 38.6 Å². The molecule has 1 unspecified atom stereocenters. The number of carbonyl (C=O) groups is 2. The highest BCUT2D eigenvalue weighted by Crippen LogP contribution is 2.47. The maximum Gasteiger partial charge on any atom is 0.196 e. The zero-order valence-corrected chi connectivity index (χ0v) is 15.5. The predicted molar refractivity (Wildman–Crippen MR) is 106 cm³/mol. The zero-order valence-electron chi connectivity index (χ0n) is 15.5. The molecule has 2 aliphatic carbocycles. The van der Waals surface area contributed by atoms with E-state index in [9.17, 15) is 9.59 Å². The minimum atomic E-state index is 0.00256. The summed E-state index contributed by atoms with van der Waals surface area (Å²) < 4.78 is 2.24. The van der Waals surface area contributed by atoms with Crippen LogP contribution in [0.4, 0.5) is 0 Å². The molecule has 134 valence electrons. The van der Waals surface area contributed by atoms with Crippen molar-refractivity contribution < 1.29 is 9.59 Å². The van der Waals surface area contributed by atoms with Crippen molar-refractivity contribution in [3.63, 3.8) is 0 Å². The Morgan fingerprint density at radius 3 is 2.22 bits per heavy atom. The fraction of sp³-hybridized carbons (Fsp3) is 0.250. The number of benzene rings is 2. The van der Waals surface area contributed by atoms with Gasteiger partial charge in [0.15, 0.2) is 11.6 Å². The van der Waals surface area contributed by atoms with Crippen LogP contribution in [0, 0.1) is 0 Å². The molecule has 0 spiro atoms. The molecule has 3 aromatic rings. The molecule has 0 amide bonds. The van der Waals surface area contributed by atoms with Crippen molar-refractivity contribution in [3.8, 4) is 11.3 Å². The highest BCUT2D eigenvalue weighted by molar-refractivity contribution is 6.26. The highest BCUT2D eigenvalue weighted by Gasteiger charge is 2.41. The Balaban J connectivity index is 1.75. The van der Waals surface area contributed by atoms with Gasteiger partial charge in [-0.1, -0.05) is 54.6 Å². The van der Waals surface area contributed by atoms with E-state index < -0.39 is 0 Å². The van der Waals surface area contributed by atoms with Gasteiger partial charge < -0.3 is 4.57 Å². The second-order valence-electron chi connectivity index (χ2n) is 7.82. The Hall–Kier alpha value is -2.94. The summed E-state index contributed by atoms with van der Waals surface area (Å²) in [4.78, 5) is 26.3. The fourth-order valence-electron chi connectivity index (χ4n) is 4.81. The molecule has 1 atom stereocenters. The van der Waals surface area contributed by atoms with Crippen LogP contribution in [0.1, 0.15) is 69.8 Å². The predicted octanol–water partition coefficient (Wildman–Crippen LogP) is 5.19. The van der Waals surface area contributed by atoms with E-state index in [2.05, 4.69) is 30.5 Å². The minimum Gasteiger partial charge on any atom is -0.341 e. The molecule has 0 saturated heterocycles. The second-order valence-corrected chi connectivity index (χ2v) is 7.82. The third kappa shape index (κ3) is 2.21. The molecule has 1 heterocycles. The van der Waals surface area contributed by atoms with Gasteiger partial charge in [-0.2, -0.15) is 0 Å². The number of aromatic nitrogens is 1. The molecule has 2 aromatic carbocycles. The summed E-state index contributed by atoms with van der Waals surface area (Å²) in [6.07, 6.45) is 1.26. The van der Waals surface area contributed by atoms with Gasteiger partial charge in [-0.15, -0.1) is 0 Å². The molecule has 1 aromatic heterocycles. The third-order valence-corrected chi connectivity index (χ3v) is 5.90. The van der Waals surface area contributed by atoms with Gasteiger partial charge in [-0.25, -0.2) is 0 Å². The van der Waals surface area contributed by atoms with Gasteiger partial charge >= 0.3 is 0 Å². The average Bonchev–Trinajstić information content (AvgIpc) is 3.16. The standard InChI is InChI=1S/C24H21NO2/c1-14(2)25-19-12-16(15-8-4-3-5-9-15)13-20(26)21(19)22-23(25)17-10-6-7-11-18(17)24(22)27/h3-11,14,16H,12-13H2,1-2H3. The van der Waals surface area contributed by atoms with Gasteiger partial charge in [0.1, 0.15) is 0 Å². The number of hydrogen-bond acceptors (Lipinski definition) is 2. The molecular formula is C24H21NO2. The molecule has 3 heteroatoms. The molecule has 2 aliphatic rings. The number of fused-ring (bicyclic) bond motifs is 5. The molecule has 0 saturated carbocycles. The molecule has 5 rings (SSSR count). The fourth-order valence-corrected chi connectivity index (χ4v) is 4.81. The summed E-state index contributed by atoms with van der Waals surface area (Å²) in [5, 5.41) is 0. The first kappa shape index (κ1) is 16.2. The van der Waals surface area contributed by atoms with E-state index in [1.807, 2.05) is 42.5 Å². The van der Waals surface area contributed by atoms with Gasteiger partial charge in [0, 0.05) is 29.3 Å². The quantitative estimate of drug-likeness (QED) is 0.496. The van der Waals surface area contributed by atoms with Gasteiger partial charge in [-0.05, 0) is 31.7 Å². The molecular weight excluding hydrogens is 334 g/mol. The lowest BCUT2D eigenvalue weighted by molar-refractivity contribution is 0.0951. The Bertz CT molecular complexity index is 1090. The van der Waals surface area contributed by atoms with Gasteiger partial charge in [-0.3, -0.25) is 9.59 Å². The summed E-state index contributed by atoms with van der Waals surface area (Å²) in [6.45, 7) is 4.26. The zero-order chi connectivity index (χ0) is 18.7. The van der Waals surface area contributed by atoms with Crippen LogP contribution in [-0.2, 0) is 6.42 Å². The van der Waals surface area contributed by atoms with Crippen molar-refractivity contribution in [3.05, 3.63) is 82.5 Å². The SMILES string of the molecule is CC(C)n1c2c(c3c1-c1ccccc1C3=O)C(=O)CC(c1ccccc1)C2. The van der Waals surface area contributed by atoms with Crippen LogP contribution >= 0.6 is 0 Å². The minimum absolute atomic E-state index is 0.00256. The van der Waals surface area contributed by atoms with Crippen molar-refractivity contribution in [1.29, 1.82) is 0 Å². The monoisotopic (exact) mass is 355 g/mol. The van der Waals surface area contributed by atoms with E-state index >= 15 is 0 Å². The molecule has 0 aliphatic heterocycles. The summed E-state index contributed by atoms with van der Waals surface area (Å²) in [7, 11) is 0. The summed E-state index contributed by atoms with van der Waals surface area (Å²) in [5.41, 5.74) is 6.16. The smallest absolute Gasteiger partial charge is 0.196 e. The number of Topliss-reactive ketones (excluding diaryl/α,β-unsaturated/α-hetero) is 1. The van der Waals surface area contributed by atoms with Crippen molar-refractivity contribution in [2.75, 3.05) is 0 Å². The number of carbonyl (C=O) groups excluding carboxylic acids is 2. The van der Waals surface area contributed by atoms with E-state index in [0.717, 1.165) is 28.9 Å². The largest absolute Gasteiger partial charge is 0.341 e. The lowest BCUT2D eigenvalue weighted by Crippen LogP contribution is -2.22. The molecule has 0 bridgehead atoms. The number of nitrogens with zero attached hydrogens (tertiary/aromatic N) is 1.